The Morgan fingerprint density at radius 1 is 0.868 bits per heavy atom. The summed E-state index contributed by atoms with van der Waals surface area (Å²) >= 11 is 0. The van der Waals surface area contributed by atoms with Gasteiger partial charge in [0.1, 0.15) is 18.1 Å². The number of guanidine groups is 1. The van der Waals surface area contributed by atoms with Crippen LogP contribution < -0.4 is 38.1 Å². The Bertz CT molecular complexity index is 1060. The van der Waals surface area contributed by atoms with Crippen molar-refractivity contribution < 1.29 is 33.9 Å². The SMILES string of the molecule is NC(N)=NCCC[C@@H]1NC(=O)CNC(=O)C[C@@H](C(=O)O)NC(=O)[C@@H](Cc2ccccc2)NC(=O)CNC1=O. The van der Waals surface area contributed by atoms with E-state index in [0.717, 1.165) is 0 Å². The molecular formula is C23H32N8O7. The Morgan fingerprint density at radius 2 is 1.50 bits per heavy atom. The monoisotopic (exact) mass is 532 g/mol. The minimum absolute atomic E-state index is 0.0222. The molecule has 1 aromatic carbocycles. The molecule has 15 heteroatoms. The normalized spacial score (nSPS) is 21.7. The molecule has 206 valence electrons. The Morgan fingerprint density at radius 3 is 2.13 bits per heavy atom. The maximum absolute atomic E-state index is 12.9. The minimum Gasteiger partial charge on any atom is -0.480 e. The number of benzene rings is 1. The molecule has 2 rings (SSSR count). The summed E-state index contributed by atoms with van der Waals surface area (Å²) in [5.41, 5.74) is 11.2. The maximum Gasteiger partial charge on any atom is 0.326 e. The second kappa shape index (κ2) is 14.8. The van der Waals surface area contributed by atoms with Crippen molar-refractivity contribution >= 4 is 41.5 Å². The van der Waals surface area contributed by atoms with E-state index < -0.39 is 73.1 Å². The highest BCUT2D eigenvalue weighted by Crippen LogP contribution is 2.05. The van der Waals surface area contributed by atoms with Crippen molar-refractivity contribution in [1.82, 2.24) is 26.6 Å². The first-order chi connectivity index (χ1) is 18.0. The number of carboxylic acids is 1. The van der Waals surface area contributed by atoms with Gasteiger partial charge in [-0.1, -0.05) is 30.3 Å². The lowest BCUT2D eigenvalue weighted by Crippen LogP contribution is -2.56. The van der Waals surface area contributed by atoms with Gasteiger partial charge in [-0.2, -0.15) is 0 Å². The first-order valence-electron chi connectivity index (χ1n) is 11.8. The van der Waals surface area contributed by atoms with E-state index in [1.54, 1.807) is 30.3 Å². The first kappa shape index (κ1) is 29.5. The van der Waals surface area contributed by atoms with Gasteiger partial charge in [0, 0.05) is 13.0 Å². The largest absolute Gasteiger partial charge is 0.480 e. The number of nitrogens with two attached hydrogens (primary N) is 2. The van der Waals surface area contributed by atoms with E-state index in [1.165, 1.54) is 0 Å². The van der Waals surface area contributed by atoms with Crippen LogP contribution >= 0.6 is 0 Å². The van der Waals surface area contributed by atoms with Crippen molar-refractivity contribution in [3.05, 3.63) is 35.9 Å². The summed E-state index contributed by atoms with van der Waals surface area (Å²) in [6, 6.07) is 4.78. The smallest absolute Gasteiger partial charge is 0.326 e. The van der Waals surface area contributed by atoms with Crippen molar-refractivity contribution in [3.63, 3.8) is 0 Å². The zero-order valence-electron chi connectivity index (χ0n) is 20.6. The number of hydrogen-bond acceptors (Lipinski definition) is 7. The molecule has 1 aromatic rings. The lowest BCUT2D eigenvalue weighted by molar-refractivity contribution is -0.144. The number of carboxylic acid groups (broad SMARTS) is 1. The summed E-state index contributed by atoms with van der Waals surface area (Å²) in [5.74, 6) is -5.39. The Kier molecular flexibility index (Phi) is 11.5. The standard InChI is InChI=1S/C23H32N8O7/c24-23(25)26-8-4-7-14-20(35)28-12-19(34)30-15(9-13-5-2-1-3-6-13)21(36)31-16(22(37)38)10-17(32)27-11-18(33)29-14/h1-3,5-6,14-16H,4,7-12H2,(H,27,32)(H,28,35)(H,29,33)(H,30,34)(H,31,36)(H,37,38)(H4,24,25,26)/t14-,15+,16-/m0/s1. The molecule has 38 heavy (non-hydrogen) atoms. The van der Waals surface area contributed by atoms with Gasteiger partial charge in [-0.05, 0) is 18.4 Å². The van der Waals surface area contributed by atoms with E-state index in [-0.39, 0.29) is 25.3 Å². The number of carbonyl (C=O) groups excluding carboxylic acids is 5. The van der Waals surface area contributed by atoms with Crippen molar-refractivity contribution in [2.45, 2.75) is 43.8 Å². The number of aliphatic imine (C=N–C) groups is 1. The topological polar surface area (TPSA) is 247 Å². The predicted molar refractivity (Wildman–Crippen MR) is 134 cm³/mol. The van der Waals surface area contributed by atoms with Crippen LogP contribution in [0.4, 0.5) is 0 Å². The fourth-order valence-electron chi connectivity index (χ4n) is 3.52. The quantitative estimate of drug-likeness (QED) is 0.0982. The van der Waals surface area contributed by atoms with Crippen LogP contribution in [0.25, 0.3) is 0 Å². The number of carbonyl (C=O) groups is 6. The highest BCUT2D eigenvalue weighted by Gasteiger charge is 2.29. The molecule has 1 heterocycles. The molecule has 5 amide bonds. The van der Waals surface area contributed by atoms with Gasteiger partial charge in [-0.15, -0.1) is 0 Å². The minimum atomic E-state index is -1.61. The van der Waals surface area contributed by atoms with Gasteiger partial charge in [0.05, 0.1) is 19.5 Å². The third kappa shape index (κ3) is 10.5. The lowest BCUT2D eigenvalue weighted by Gasteiger charge is -2.23. The summed E-state index contributed by atoms with van der Waals surface area (Å²) in [4.78, 5) is 78.4. The fraction of sp³-hybridized carbons (Fsp3) is 0.435. The molecule has 0 spiro atoms. The molecule has 0 saturated carbocycles. The van der Waals surface area contributed by atoms with Crippen LogP contribution in [-0.4, -0.2) is 84.3 Å². The van der Waals surface area contributed by atoms with Crippen LogP contribution in [0.15, 0.2) is 35.3 Å². The Hall–Kier alpha value is -4.69. The van der Waals surface area contributed by atoms with E-state index in [2.05, 4.69) is 31.6 Å². The molecule has 0 unspecified atom stereocenters. The average Bonchev–Trinajstić information content (AvgIpc) is 2.86. The average molecular weight is 533 g/mol. The highest BCUT2D eigenvalue weighted by molar-refractivity contribution is 5.95. The van der Waals surface area contributed by atoms with Crippen LogP contribution in [0.1, 0.15) is 24.8 Å². The number of aliphatic carboxylic acids is 1. The molecule has 0 radical (unpaired) electrons. The zero-order chi connectivity index (χ0) is 28.1. The number of nitrogens with one attached hydrogen (secondary N) is 5. The molecular weight excluding hydrogens is 500 g/mol. The molecule has 0 aromatic heterocycles. The lowest BCUT2D eigenvalue weighted by atomic mass is 10.0. The van der Waals surface area contributed by atoms with E-state index in [4.69, 9.17) is 11.5 Å². The maximum atomic E-state index is 12.9. The van der Waals surface area contributed by atoms with Gasteiger partial charge in [-0.3, -0.25) is 29.0 Å². The van der Waals surface area contributed by atoms with Gasteiger partial charge in [-0.25, -0.2) is 4.79 Å². The van der Waals surface area contributed by atoms with Crippen LogP contribution in [0.3, 0.4) is 0 Å². The molecule has 0 bridgehead atoms. The third-order valence-corrected chi connectivity index (χ3v) is 5.40. The molecule has 1 aliphatic heterocycles. The second-order valence-electron chi connectivity index (χ2n) is 8.48. The highest BCUT2D eigenvalue weighted by atomic mass is 16.4. The summed E-state index contributed by atoms with van der Waals surface area (Å²) in [7, 11) is 0. The molecule has 15 nitrogen and oxygen atoms in total. The zero-order valence-corrected chi connectivity index (χ0v) is 20.6. The summed E-state index contributed by atoms with van der Waals surface area (Å²) in [6.45, 7) is -0.878. The summed E-state index contributed by atoms with van der Waals surface area (Å²) in [6.07, 6.45) is -0.213. The van der Waals surface area contributed by atoms with Crippen LogP contribution in [-0.2, 0) is 35.2 Å². The van der Waals surface area contributed by atoms with Gasteiger partial charge in [0.2, 0.25) is 29.5 Å². The number of hydrogen-bond donors (Lipinski definition) is 8. The van der Waals surface area contributed by atoms with Crippen LogP contribution in [0, 0.1) is 0 Å². The van der Waals surface area contributed by atoms with E-state index in [1.807, 2.05) is 0 Å². The van der Waals surface area contributed by atoms with Crippen molar-refractivity contribution in [3.8, 4) is 0 Å². The number of rotatable bonds is 7. The molecule has 1 fully saturated rings. The molecule has 1 saturated heterocycles. The van der Waals surface area contributed by atoms with Crippen LogP contribution in [0.5, 0.6) is 0 Å². The molecule has 1 aliphatic rings. The fourth-order valence-corrected chi connectivity index (χ4v) is 3.52. The third-order valence-electron chi connectivity index (χ3n) is 5.40. The van der Waals surface area contributed by atoms with E-state index >= 15 is 0 Å². The van der Waals surface area contributed by atoms with E-state index in [9.17, 15) is 33.9 Å². The van der Waals surface area contributed by atoms with E-state index in [0.29, 0.717) is 12.0 Å². The second-order valence-corrected chi connectivity index (χ2v) is 8.48. The van der Waals surface area contributed by atoms with Gasteiger partial charge in [0.25, 0.3) is 0 Å². The van der Waals surface area contributed by atoms with Crippen molar-refractivity contribution in [2.75, 3.05) is 19.6 Å². The molecule has 3 atom stereocenters. The Labute approximate surface area is 218 Å². The summed E-state index contributed by atoms with van der Waals surface area (Å²) < 4.78 is 0. The summed E-state index contributed by atoms with van der Waals surface area (Å²) in [5, 5.41) is 21.4. The van der Waals surface area contributed by atoms with Crippen molar-refractivity contribution in [1.29, 1.82) is 0 Å². The van der Waals surface area contributed by atoms with Gasteiger partial charge in [0.15, 0.2) is 5.96 Å². The first-order valence-corrected chi connectivity index (χ1v) is 11.8. The molecule has 10 N–H and O–H groups in total. The van der Waals surface area contributed by atoms with Crippen LogP contribution in [0.2, 0.25) is 0 Å². The van der Waals surface area contributed by atoms with Gasteiger partial charge < -0.3 is 43.2 Å². The number of amides is 5. The molecule has 0 aliphatic carbocycles. The number of nitrogens with zero attached hydrogens (tertiary/aromatic N) is 1. The predicted octanol–water partition coefficient (Wildman–Crippen LogP) is -3.54. The van der Waals surface area contributed by atoms with Crippen molar-refractivity contribution in [2.24, 2.45) is 16.5 Å². The van der Waals surface area contributed by atoms with Gasteiger partial charge >= 0.3 is 5.97 Å². The Balaban J connectivity index is 2.24.